The number of carbonyl (C=O) groups excluding carboxylic acids is 1. The Labute approximate surface area is 93.3 Å². The van der Waals surface area contributed by atoms with Crippen LogP contribution in [0.15, 0.2) is 17.5 Å². The predicted octanol–water partition coefficient (Wildman–Crippen LogP) is 2.94. The average molecular weight is 232 g/mol. The molecule has 1 amide bonds. The minimum absolute atomic E-state index is 0.0755. The lowest BCUT2D eigenvalue weighted by Crippen LogP contribution is -2.25. The van der Waals surface area contributed by atoms with Gasteiger partial charge in [0.25, 0.3) is 0 Å². The molecule has 1 aromatic rings. The number of hydrogen-bond donors (Lipinski definition) is 1. The lowest BCUT2D eigenvalue weighted by molar-refractivity contribution is -0.121. The zero-order valence-electron chi connectivity index (χ0n) is 8.13. The molecule has 1 atom stereocenters. The van der Waals surface area contributed by atoms with Gasteiger partial charge >= 0.3 is 0 Å². The second kappa shape index (κ2) is 6.04. The van der Waals surface area contributed by atoms with Crippen LogP contribution in [0, 0.1) is 0 Å². The van der Waals surface area contributed by atoms with Crippen LogP contribution in [0.5, 0.6) is 0 Å². The number of nitrogens with one attached hydrogen (secondary N) is 1. The van der Waals surface area contributed by atoms with Crippen molar-refractivity contribution in [1.82, 2.24) is 5.32 Å². The highest BCUT2D eigenvalue weighted by Gasteiger charge is 2.09. The van der Waals surface area contributed by atoms with Gasteiger partial charge in [-0.05, 0) is 24.8 Å². The number of halogens is 1. The lowest BCUT2D eigenvalue weighted by Gasteiger charge is -2.11. The third kappa shape index (κ3) is 3.68. The quantitative estimate of drug-likeness (QED) is 0.776. The topological polar surface area (TPSA) is 29.1 Å². The van der Waals surface area contributed by atoms with Crippen LogP contribution in [0.4, 0.5) is 0 Å². The summed E-state index contributed by atoms with van der Waals surface area (Å²) in [7, 11) is 0. The monoisotopic (exact) mass is 231 g/mol. The summed E-state index contributed by atoms with van der Waals surface area (Å²) in [4.78, 5) is 12.5. The van der Waals surface area contributed by atoms with Crippen LogP contribution >= 0.6 is 22.9 Å². The van der Waals surface area contributed by atoms with E-state index in [4.69, 9.17) is 11.6 Å². The average Bonchev–Trinajstić information content (AvgIpc) is 2.67. The molecular weight excluding hydrogens is 218 g/mol. The van der Waals surface area contributed by atoms with Gasteiger partial charge in [-0.1, -0.05) is 6.07 Å². The molecule has 1 aromatic heterocycles. The molecule has 0 aliphatic heterocycles. The van der Waals surface area contributed by atoms with Gasteiger partial charge in [0.05, 0.1) is 6.04 Å². The fourth-order valence-corrected chi connectivity index (χ4v) is 2.02. The molecule has 0 aromatic carbocycles. The molecule has 2 nitrogen and oxygen atoms in total. The molecule has 0 saturated carbocycles. The molecule has 0 radical (unpaired) electrons. The number of rotatable bonds is 5. The first-order valence-electron chi connectivity index (χ1n) is 4.62. The van der Waals surface area contributed by atoms with E-state index >= 15 is 0 Å². The van der Waals surface area contributed by atoms with Gasteiger partial charge in [0, 0.05) is 17.2 Å². The summed E-state index contributed by atoms with van der Waals surface area (Å²) < 4.78 is 0. The standard InChI is InChI=1S/C10H14ClNOS/c1-8(9-4-3-7-14-9)12-10(13)5-2-6-11/h3-4,7-8H,2,5-6H2,1H3,(H,12,13). The van der Waals surface area contributed by atoms with Crippen molar-refractivity contribution < 1.29 is 4.79 Å². The third-order valence-electron chi connectivity index (χ3n) is 1.88. The largest absolute Gasteiger partial charge is 0.349 e. The molecule has 1 unspecified atom stereocenters. The van der Waals surface area contributed by atoms with Gasteiger partial charge in [-0.25, -0.2) is 0 Å². The van der Waals surface area contributed by atoms with Crippen molar-refractivity contribution in [3.8, 4) is 0 Å². The summed E-state index contributed by atoms with van der Waals surface area (Å²) in [6, 6.07) is 4.12. The minimum atomic E-state index is 0.0755. The van der Waals surface area contributed by atoms with Gasteiger partial charge < -0.3 is 5.32 Å². The van der Waals surface area contributed by atoms with Crippen molar-refractivity contribution in [3.63, 3.8) is 0 Å². The molecule has 14 heavy (non-hydrogen) atoms. The van der Waals surface area contributed by atoms with Crippen molar-refractivity contribution in [2.75, 3.05) is 5.88 Å². The maximum absolute atomic E-state index is 11.3. The van der Waals surface area contributed by atoms with Crippen molar-refractivity contribution in [2.24, 2.45) is 0 Å². The Balaban J connectivity index is 2.33. The number of amides is 1. The summed E-state index contributed by atoms with van der Waals surface area (Å²) in [5.41, 5.74) is 0. The molecule has 0 saturated heterocycles. The van der Waals surface area contributed by atoms with Crippen molar-refractivity contribution >= 4 is 28.8 Å². The van der Waals surface area contributed by atoms with Crippen LogP contribution < -0.4 is 5.32 Å². The van der Waals surface area contributed by atoms with E-state index in [1.165, 1.54) is 4.88 Å². The fourth-order valence-electron chi connectivity index (χ4n) is 1.15. The molecule has 4 heteroatoms. The lowest BCUT2D eigenvalue weighted by atomic mass is 10.2. The summed E-state index contributed by atoms with van der Waals surface area (Å²) in [6.45, 7) is 1.99. The van der Waals surface area contributed by atoms with Gasteiger partial charge in [0.1, 0.15) is 0 Å². The van der Waals surface area contributed by atoms with Crippen molar-refractivity contribution in [2.45, 2.75) is 25.8 Å². The zero-order valence-corrected chi connectivity index (χ0v) is 9.70. The highest BCUT2D eigenvalue weighted by atomic mass is 35.5. The van der Waals surface area contributed by atoms with Crippen LogP contribution in [0.3, 0.4) is 0 Å². The molecule has 0 spiro atoms. The number of thiophene rings is 1. The summed E-state index contributed by atoms with van der Waals surface area (Å²) in [6.07, 6.45) is 1.25. The molecule has 1 N–H and O–H groups in total. The minimum Gasteiger partial charge on any atom is -0.349 e. The Morgan fingerprint density at radius 1 is 1.71 bits per heavy atom. The van der Waals surface area contributed by atoms with Crippen molar-refractivity contribution in [3.05, 3.63) is 22.4 Å². The highest BCUT2D eigenvalue weighted by Crippen LogP contribution is 2.18. The van der Waals surface area contributed by atoms with E-state index in [1.807, 2.05) is 24.4 Å². The van der Waals surface area contributed by atoms with Gasteiger partial charge in [-0.15, -0.1) is 22.9 Å². The SMILES string of the molecule is CC(NC(=O)CCCCl)c1cccs1. The maximum Gasteiger partial charge on any atom is 0.220 e. The van der Waals surface area contributed by atoms with E-state index < -0.39 is 0 Å². The van der Waals surface area contributed by atoms with Crippen LogP contribution in [0.1, 0.15) is 30.7 Å². The van der Waals surface area contributed by atoms with Gasteiger partial charge in [-0.2, -0.15) is 0 Å². The van der Waals surface area contributed by atoms with E-state index in [9.17, 15) is 4.79 Å². The Morgan fingerprint density at radius 2 is 2.50 bits per heavy atom. The first-order chi connectivity index (χ1) is 6.74. The van der Waals surface area contributed by atoms with Crippen molar-refractivity contribution in [1.29, 1.82) is 0 Å². The first kappa shape index (κ1) is 11.5. The fraction of sp³-hybridized carbons (Fsp3) is 0.500. The van der Waals surface area contributed by atoms with Gasteiger partial charge in [0.15, 0.2) is 0 Å². The first-order valence-corrected chi connectivity index (χ1v) is 6.04. The second-order valence-electron chi connectivity index (χ2n) is 3.10. The number of alkyl halides is 1. The molecule has 78 valence electrons. The summed E-state index contributed by atoms with van der Waals surface area (Å²) >= 11 is 7.16. The maximum atomic E-state index is 11.3. The molecule has 1 heterocycles. The van der Waals surface area contributed by atoms with E-state index in [2.05, 4.69) is 5.32 Å². The molecule has 0 aliphatic rings. The Bertz CT molecular complexity index is 274. The van der Waals surface area contributed by atoms with Crippen LogP contribution in [0.2, 0.25) is 0 Å². The van der Waals surface area contributed by atoms with Crippen LogP contribution in [-0.2, 0) is 4.79 Å². The van der Waals surface area contributed by atoms with E-state index in [0.717, 1.165) is 6.42 Å². The second-order valence-corrected chi connectivity index (χ2v) is 4.45. The van der Waals surface area contributed by atoms with E-state index in [0.29, 0.717) is 12.3 Å². The Kier molecular flexibility index (Phi) is 4.98. The number of hydrogen-bond acceptors (Lipinski definition) is 2. The highest BCUT2D eigenvalue weighted by molar-refractivity contribution is 7.10. The normalized spacial score (nSPS) is 12.4. The molecular formula is C10H14ClNOS. The van der Waals surface area contributed by atoms with E-state index in [-0.39, 0.29) is 11.9 Å². The van der Waals surface area contributed by atoms with E-state index in [1.54, 1.807) is 11.3 Å². The van der Waals surface area contributed by atoms with Gasteiger partial charge in [0.2, 0.25) is 5.91 Å². The Morgan fingerprint density at radius 3 is 3.07 bits per heavy atom. The van der Waals surface area contributed by atoms with Crippen LogP contribution in [0.25, 0.3) is 0 Å². The Hall–Kier alpha value is -0.540. The number of carbonyl (C=O) groups is 1. The third-order valence-corrected chi connectivity index (χ3v) is 3.21. The molecule has 0 fully saturated rings. The molecule has 0 bridgehead atoms. The molecule has 0 aliphatic carbocycles. The zero-order chi connectivity index (χ0) is 10.4. The summed E-state index contributed by atoms with van der Waals surface area (Å²) in [5, 5.41) is 4.94. The van der Waals surface area contributed by atoms with Crippen LogP contribution in [-0.4, -0.2) is 11.8 Å². The predicted molar refractivity (Wildman–Crippen MR) is 60.8 cm³/mol. The summed E-state index contributed by atoms with van der Waals surface area (Å²) in [5.74, 6) is 0.618. The smallest absolute Gasteiger partial charge is 0.220 e. The van der Waals surface area contributed by atoms with Gasteiger partial charge in [-0.3, -0.25) is 4.79 Å². The molecule has 1 rings (SSSR count).